The summed E-state index contributed by atoms with van der Waals surface area (Å²) in [5.74, 6) is 2.95. The van der Waals surface area contributed by atoms with Gasteiger partial charge >= 0.3 is 0 Å². The van der Waals surface area contributed by atoms with Gasteiger partial charge in [-0.1, -0.05) is 6.07 Å². The van der Waals surface area contributed by atoms with Crippen molar-refractivity contribution in [2.45, 2.75) is 30.8 Å². The smallest absolute Gasteiger partial charge is 0.289 e. The number of carbonyl (C=O) groups excluding carboxylic acids is 1. The zero-order valence-electron chi connectivity index (χ0n) is 15.0. The molecule has 7 heteroatoms. The molecule has 1 aromatic heterocycles. The quantitative estimate of drug-likeness (QED) is 0.878. The number of rotatable bonds is 2. The minimum Gasteiger partial charge on any atom is -0.454 e. The fraction of sp³-hybridized carbons (Fsp3) is 0.500. The summed E-state index contributed by atoms with van der Waals surface area (Å²) < 4.78 is 11.1. The van der Waals surface area contributed by atoms with E-state index in [2.05, 4.69) is 31.9 Å². The zero-order valence-corrected chi connectivity index (χ0v) is 15.0. The Labute approximate surface area is 157 Å². The second-order valence-corrected chi connectivity index (χ2v) is 7.97. The Kier molecular flexibility index (Phi) is 3.29. The molecule has 0 radical (unpaired) electrons. The highest BCUT2D eigenvalue weighted by molar-refractivity contribution is 5.91. The van der Waals surface area contributed by atoms with Crippen molar-refractivity contribution in [2.24, 2.45) is 5.92 Å². The predicted molar refractivity (Wildman–Crippen MR) is 96.8 cm³/mol. The molecule has 0 spiro atoms. The van der Waals surface area contributed by atoms with Crippen LogP contribution in [0.25, 0.3) is 0 Å². The Balaban J connectivity index is 1.39. The Morgan fingerprint density at radius 3 is 2.81 bits per heavy atom. The fourth-order valence-corrected chi connectivity index (χ4v) is 5.61. The molecule has 140 valence electrons. The van der Waals surface area contributed by atoms with Gasteiger partial charge in [0.1, 0.15) is 0 Å². The summed E-state index contributed by atoms with van der Waals surface area (Å²) in [6.07, 6.45) is 5.72. The molecular weight excluding hydrogens is 344 g/mol. The summed E-state index contributed by atoms with van der Waals surface area (Å²) >= 11 is 0. The Hall–Kier alpha value is -2.54. The zero-order chi connectivity index (χ0) is 18.0. The van der Waals surface area contributed by atoms with Gasteiger partial charge in [0.05, 0.1) is 6.04 Å². The first kappa shape index (κ1) is 15.5. The van der Waals surface area contributed by atoms with E-state index in [4.69, 9.17) is 9.47 Å². The lowest BCUT2D eigenvalue weighted by Crippen LogP contribution is -2.60. The van der Waals surface area contributed by atoms with Gasteiger partial charge in [-0.2, -0.15) is 0 Å². The highest BCUT2D eigenvalue weighted by Gasteiger charge is 2.55. The van der Waals surface area contributed by atoms with Crippen molar-refractivity contribution in [2.75, 3.05) is 26.4 Å². The third-order valence-corrected chi connectivity index (χ3v) is 6.78. The number of benzene rings is 1. The number of piperidine rings is 3. The Morgan fingerprint density at radius 2 is 2.00 bits per heavy atom. The topological polar surface area (TPSA) is 70.7 Å². The van der Waals surface area contributed by atoms with E-state index in [-0.39, 0.29) is 24.7 Å². The third kappa shape index (κ3) is 2.24. The molecular formula is C20H22N4O3. The monoisotopic (exact) mass is 366 g/mol. The average Bonchev–Trinajstić information content (AvgIpc) is 3.47. The summed E-state index contributed by atoms with van der Waals surface area (Å²) in [6.45, 7) is 3.28. The third-order valence-electron chi connectivity index (χ3n) is 6.78. The van der Waals surface area contributed by atoms with Crippen molar-refractivity contribution in [3.05, 3.63) is 42.0 Å². The van der Waals surface area contributed by atoms with E-state index in [1.165, 1.54) is 18.4 Å². The van der Waals surface area contributed by atoms with Crippen LogP contribution in [0.3, 0.4) is 0 Å². The van der Waals surface area contributed by atoms with Crippen molar-refractivity contribution in [3.8, 4) is 11.5 Å². The highest BCUT2D eigenvalue weighted by Crippen LogP contribution is 2.48. The number of likely N-dealkylation sites (tertiary alicyclic amines) is 1. The number of imidazole rings is 1. The standard InChI is InChI=1S/C20H22N4O3/c25-20(19-21-5-6-22-19)24-10-14(13-1-2-15-16(9-13)27-11-26-15)18-17(24)12-3-7-23(18)8-4-12/h1-2,5-6,9,12,14,17-18H,3-4,7-8,10-11H2,(H,21,22)/t14-,17+,18+/m1/s1. The molecule has 7 rings (SSSR count). The molecule has 5 aliphatic heterocycles. The van der Waals surface area contributed by atoms with E-state index in [1.54, 1.807) is 12.4 Å². The number of nitrogens with one attached hydrogen (secondary N) is 1. The van der Waals surface area contributed by atoms with Crippen LogP contribution in [0.2, 0.25) is 0 Å². The van der Waals surface area contributed by atoms with E-state index in [0.29, 0.717) is 17.8 Å². The molecule has 27 heavy (non-hydrogen) atoms. The molecule has 4 saturated heterocycles. The first-order valence-electron chi connectivity index (χ1n) is 9.73. The number of ether oxygens (including phenoxy) is 2. The SMILES string of the molecule is O=C(c1ncc[nH]1)N1C[C@H](c2ccc3c(c2)OCO3)[C@H]2[C@@H]1C1CCN2CC1. The van der Waals surface area contributed by atoms with Crippen LogP contribution in [0.1, 0.15) is 34.9 Å². The Morgan fingerprint density at radius 1 is 1.15 bits per heavy atom. The lowest BCUT2D eigenvalue weighted by Gasteiger charge is -2.51. The first-order valence-corrected chi connectivity index (χ1v) is 9.73. The van der Waals surface area contributed by atoms with Gasteiger partial charge in [-0.3, -0.25) is 9.69 Å². The van der Waals surface area contributed by atoms with Gasteiger partial charge in [-0.25, -0.2) is 4.98 Å². The van der Waals surface area contributed by atoms with Crippen molar-refractivity contribution >= 4 is 5.91 Å². The molecule has 3 atom stereocenters. The van der Waals surface area contributed by atoms with Crippen LogP contribution in [0, 0.1) is 5.92 Å². The van der Waals surface area contributed by atoms with Crippen LogP contribution >= 0.6 is 0 Å². The van der Waals surface area contributed by atoms with Crippen molar-refractivity contribution in [3.63, 3.8) is 0 Å². The van der Waals surface area contributed by atoms with Gasteiger partial charge in [-0.05, 0) is 49.5 Å². The molecule has 4 fully saturated rings. The maximum atomic E-state index is 13.2. The number of hydrogen-bond acceptors (Lipinski definition) is 5. The molecule has 0 unspecified atom stereocenters. The molecule has 7 nitrogen and oxygen atoms in total. The van der Waals surface area contributed by atoms with Gasteiger partial charge in [0, 0.05) is 30.9 Å². The first-order chi connectivity index (χ1) is 13.3. The van der Waals surface area contributed by atoms with Gasteiger partial charge < -0.3 is 19.4 Å². The predicted octanol–water partition coefficient (Wildman–Crippen LogP) is 1.84. The van der Waals surface area contributed by atoms with E-state index >= 15 is 0 Å². The number of aromatic nitrogens is 2. The van der Waals surface area contributed by atoms with Crippen LogP contribution in [-0.2, 0) is 0 Å². The molecule has 0 saturated carbocycles. The summed E-state index contributed by atoms with van der Waals surface area (Å²) in [6, 6.07) is 6.88. The maximum absolute atomic E-state index is 13.2. The Bertz CT molecular complexity index is 875. The number of hydrogen-bond donors (Lipinski definition) is 1. The van der Waals surface area contributed by atoms with E-state index in [9.17, 15) is 4.79 Å². The average molecular weight is 366 g/mol. The molecule has 1 aromatic carbocycles. The molecule has 0 aliphatic carbocycles. The fourth-order valence-electron chi connectivity index (χ4n) is 5.61. The summed E-state index contributed by atoms with van der Waals surface area (Å²) in [5.41, 5.74) is 1.23. The van der Waals surface area contributed by atoms with Crippen molar-refractivity contribution in [1.82, 2.24) is 19.8 Å². The molecule has 6 heterocycles. The van der Waals surface area contributed by atoms with Crippen LogP contribution in [0.5, 0.6) is 11.5 Å². The lowest BCUT2D eigenvalue weighted by atomic mass is 9.75. The van der Waals surface area contributed by atoms with Gasteiger partial charge in [0.2, 0.25) is 6.79 Å². The van der Waals surface area contributed by atoms with Crippen molar-refractivity contribution < 1.29 is 14.3 Å². The van der Waals surface area contributed by atoms with Crippen LogP contribution < -0.4 is 9.47 Å². The molecule has 2 bridgehead atoms. The molecule has 1 N–H and O–H groups in total. The van der Waals surface area contributed by atoms with Gasteiger partial charge in [0.25, 0.3) is 5.91 Å². The molecule has 1 amide bonds. The van der Waals surface area contributed by atoms with E-state index in [0.717, 1.165) is 31.1 Å². The number of fused-ring (bicyclic) bond motifs is 3. The highest BCUT2D eigenvalue weighted by atomic mass is 16.7. The molecule has 2 aromatic rings. The summed E-state index contributed by atoms with van der Waals surface area (Å²) in [4.78, 5) is 25.0. The van der Waals surface area contributed by atoms with Crippen LogP contribution in [0.15, 0.2) is 30.6 Å². The van der Waals surface area contributed by atoms with Crippen LogP contribution in [0.4, 0.5) is 0 Å². The largest absolute Gasteiger partial charge is 0.454 e. The number of amides is 1. The minimum absolute atomic E-state index is 0.0204. The summed E-state index contributed by atoms with van der Waals surface area (Å²) in [7, 11) is 0. The van der Waals surface area contributed by atoms with Crippen molar-refractivity contribution in [1.29, 1.82) is 0 Å². The van der Waals surface area contributed by atoms with Gasteiger partial charge in [-0.15, -0.1) is 0 Å². The van der Waals surface area contributed by atoms with Crippen LogP contribution in [-0.4, -0.2) is 64.2 Å². The normalized spacial score (nSPS) is 33.3. The number of nitrogens with zero attached hydrogens (tertiary/aromatic N) is 3. The minimum atomic E-state index is 0.0204. The summed E-state index contributed by atoms with van der Waals surface area (Å²) in [5, 5.41) is 0. The number of aromatic amines is 1. The lowest BCUT2D eigenvalue weighted by molar-refractivity contribution is -0.00374. The second-order valence-electron chi connectivity index (χ2n) is 7.97. The second kappa shape index (κ2) is 5.73. The number of carbonyl (C=O) groups is 1. The molecule has 5 aliphatic rings. The van der Waals surface area contributed by atoms with E-state index in [1.807, 2.05) is 6.07 Å². The van der Waals surface area contributed by atoms with Gasteiger partial charge in [0.15, 0.2) is 17.3 Å². The number of H-pyrrole nitrogens is 1. The maximum Gasteiger partial charge on any atom is 0.289 e. The van der Waals surface area contributed by atoms with E-state index < -0.39 is 0 Å².